The molecule has 148 valence electrons. The minimum atomic E-state index is -0.638. The molecule has 0 aromatic heterocycles. The predicted octanol–water partition coefficient (Wildman–Crippen LogP) is 2.49. The van der Waals surface area contributed by atoms with Crippen LogP contribution in [0.2, 0.25) is 0 Å². The molecular formula is C20H18N4O4S. The summed E-state index contributed by atoms with van der Waals surface area (Å²) in [5.41, 5.74) is 1.59. The van der Waals surface area contributed by atoms with Crippen LogP contribution in [-0.4, -0.2) is 40.8 Å². The molecule has 2 aromatic carbocycles. The molecule has 1 heterocycles. The Balaban J connectivity index is 2.02. The van der Waals surface area contributed by atoms with E-state index in [0.29, 0.717) is 11.3 Å². The molecule has 9 heteroatoms. The molecule has 1 saturated heterocycles. The Kier molecular flexibility index (Phi) is 5.69. The number of nitro benzene ring substituents is 1. The van der Waals surface area contributed by atoms with Crippen molar-refractivity contribution in [1.29, 1.82) is 0 Å². The van der Waals surface area contributed by atoms with Gasteiger partial charge in [-0.3, -0.25) is 29.9 Å². The number of thiocarbonyl (C=S) groups is 1. The average Bonchev–Trinajstić information content (AvgIpc) is 2.68. The molecule has 1 aliphatic heterocycles. The van der Waals surface area contributed by atoms with E-state index in [1.54, 1.807) is 25.1 Å². The number of nitro groups is 1. The second-order valence-electron chi connectivity index (χ2n) is 6.59. The number of rotatable bonds is 5. The molecule has 8 nitrogen and oxygen atoms in total. The molecule has 0 unspecified atom stereocenters. The van der Waals surface area contributed by atoms with Crippen molar-refractivity contribution in [3.05, 3.63) is 75.3 Å². The smallest absolute Gasteiger partial charge is 0.270 e. The maximum atomic E-state index is 13.0. The number of non-ortho nitro benzene ring substituents is 1. The molecule has 3 rings (SSSR count). The Bertz CT molecular complexity index is 1030. The summed E-state index contributed by atoms with van der Waals surface area (Å²) in [4.78, 5) is 39.1. The number of amides is 2. The first kappa shape index (κ1) is 20.2. The van der Waals surface area contributed by atoms with E-state index >= 15 is 0 Å². The molecule has 1 aliphatic rings. The molecule has 1 fully saturated rings. The van der Waals surface area contributed by atoms with Crippen LogP contribution in [0.5, 0.6) is 0 Å². The summed E-state index contributed by atoms with van der Waals surface area (Å²) in [6.07, 6.45) is 1.36. The van der Waals surface area contributed by atoms with Crippen LogP contribution in [0.15, 0.2) is 54.1 Å². The van der Waals surface area contributed by atoms with Crippen molar-refractivity contribution >= 4 is 46.6 Å². The first-order valence-electron chi connectivity index (χ1n) is 8.66. The van der Waals surface area contributed by atoms with Gasteiger partial charge in [-0.15, -0.1) is 0 Å². The van der Waals surface area contributed by atoms with Gasteiger partial charge in [-0.25, -0.2) is 0 Å². The van der Waals surface area contributed by atoms with Crippen LogP contribution < -0.4 is 10.2 Å². The van der Waals surface area contributed by atoms with Crippen LogP contribution in [-0.2, 0) is 16.1 Å². The monoisotopic (exact) mass is 410 g/mol. The zero-order valence-electron chi connectivity index (χ0n) is 15.8. The van der Waals surface area contributed by atoms with Crippen LogP contribution in [0, 0.1) is 10.1 Å². The molecule has 1 N–H and O–H groups in total. The quantitative estimate of drug-likeness (QED) is 0.268. The third-order valence-corrected chi connectivity index (χ3v) is 4.70. The van der Waals surface area contributed by atoms with Gasteiger partial charge in [0.2, 0.25) is 0 Å². The van der Waals surface area contributed by atoms with E-state index in [9.17, 15) is 19.7 Å². The maximum Gasteiger partial charge on any atom is 0.270 e. The number of nitrogens with one attached hydrogen (secondary N) is 1. The van der Waals surface area contributed by atoms with Crippen molar-refractivity contribution in [3.63, 3.8) is 0 Å². The van der Waals surface area contributed by atoms with Crippen molar-refractivity contribution < 1.29 is 14.5 Å². The highest BCUT2D eigenvalue weighted by Crippen LogP contribution is 2.27. The lowest BCUT2D eigenvalue weighted by atomic mass is 10.0. The van der Waals surface area contributed by atoms with Crippen LogP contribution in [0.4, 0.5) is 11.4 Å². The molecule has 2 aromatic rings. The van der Waals surface area contributed by atoms with Crippen LogP contribution in [0.25, 0.3) is 6.08 Å². The highest BCUT2D eigenvalue weighted by Gasteiger charge is 2.33. The van der Waals surface area contributed by atoms with Crippen LogP contribution in [0.1, 0.15) is 11.1 Å². The molecule has 0 atom stereocenters. The number of benzene rings is 2. The Hall–Kier alpha value is -3.59. The number of hydrogen-bond acceptors (Lipinski definition) is 6. The first-order chi connectivity index (χ1) is 13.8. The lowest BCUT2D eigenvalue weighted by Gasteiger charge is -2.29. The maximum absolute atomic E-state index is 13.0. The molecule has 0 aliphatic carbocycles. The molecule has 2 amide bonds. The van der Waals surface area contributed by atoms with E-state index in [2.05, 4.69) is 5.32 Å². The molecule has 29 heavy (non-hydrogen) atoms. The number of anilines is 1. The summed E-state index contributed by atoms with van der Waals surface area (Å²) in [5, 5.41) is 13.7. The average molecular weight is 410 g/mol. The Labute approximate surface area is 172 Å². The van der Waals surface area contributed by atoms with Gasteiger partial charge >= 0.3 is 0 Å². The fourth-order valence-electron chi connectivity index (χ4n) is 2.94. The van der Waals surface area contributed by atoms with Gasteiger partial charge in [0, 0.05) is 37.5 Å². The zero-order chi connectivity index (χ0) is 21.1. The summed E-state index contributed by atoms with van der Waals surface area (Å²) < 4.78 is 0. The van der Waals surface area contributed by atoms with Gasteiger partial charge < -0.3 is 4.90 Å². The normalized spacial score (nSPS) is 15.4. The number of nitrogens with zero attached hydrogens (tertiary/aromatic N) is 3. The minimum Gasteiger partial charge on any atom is -0.377 e. The lowest BCUT2D eigenvalue weighted by Crippen LogP contribution is -2.53. The van der Waals surface area contributed by atoms with Gasteiger partial charge in [-0.1, -0.05) is 30.3 Å². The predicted molar refractivity (Wildman–Crippen MR) is 113 cm³/mol. The Morgan fingerprint density at radius 3 is 2.48 bits per heavy atom. The summed E-state index contributed by atoms with van der Waals surface area (Å²) in [5.74, 6) is -1.20. The molecule has 0 spiro atoms. The van der Waals surface area contributed by atoms with E-state index in [1.165, 1.54) is 23.1 Å². The van der Waals surface area contributed by atoms with Crippen molar-refractivity contribution in [2.75, 3.05) is 19.0 Å². The Morgan fingerprint density at radius 2 is 1.86 bits per heavy atom. The summed E-state index contributed by atoms with van der Waals surface area (Å²) in [7, 11) is 3.53. The molecule has 0 bridgehead atoms. The van der Waals surface area contributed by atoms with Gasteiger partial charge in [0.05, 0.1) is 11.5 Å². The zero-order valence-corrected chi connectivity index (χ0v) is 16.6. The SMILES string of the molecule is CN(C)c1ccc([N+](=O)[O-])cc1/C=C1/C(=O)NC(=S)N(Cc2ccccc2)C1=O. The minimum absolute atomic E-state index is 0.0212. The number of carbonyl (C=O) groups excluding carboxylic acids is 2. The van der Waals surface area contributed by atoms with Crippen LogP contribution in [0.3, 0.4) is 0 Å². The van der Waals surface area contributed by atoms with E-state index in [0.717, 1.165) is 5.56 Å². The van der Waals surface area contributed by atoms with E-state index in [1.807, 2.05) is 30.3 Å². The largest absolute Gasteiger partial charge is 0.377 e. The summed E-state index contributed by atoms with van der Waals surface area (Å²) in [6.45, 7) is 0.200. The molecular weight excluding hydrogens is 392 g/mol. The lowest BCUT2D eigenvalue weighted by molar-refractivity contribution is -0.384. The highest BCUT2D eigenvalue weighted by atomic mass is 32.1. The summed E-state index contributed by atoms with van der Waals surface area (Å²) in [6, 6.07) is 13.5. The van der Waals surface area contributed by atoms with Crippen molar-refractivity contribution in [3.8, 4) is 0 Å². The van der Waals surface area contributed by atoms with E-state index in [4.69, 9.17) is 12.2 Å². The van der Waals surface area contributed by atoms with Gasteiger partial charge in [0.1, 0.15) is 5.57 Å². The summed E-state index contributed by atoms with van der Waals surface area (Å²) >= 11 is 5.17. The fraction of sp³-hybridized carbons (Fsp3) is 0.150. The van der Waals surface area contributed by atoms with E-state index in [-0.39, 0.29) is 22.9 Å². The first-order valence-corrected chi connectivity index (χ1v) is 9.07. The van der Waals surface area contributed by atoms with Gasteiger partial charge in [-0.2, -0.15) is 0 Å². The van der Waals surface area contributed by atoms with Crippen molar-refractivity contribution in [2.24, 2.45) is 0 Å². The molecule has 0 radical (unpaired) electrons. The van der Waals surface area contributed by atoms with Crippen molar-refractivity contribution in [1.82, 2.24) is 10.2 Å². The van der Waals surface area contributed by atoms with Gasteiger partial charge in [0.25, 0.3) is 17.5 Å². The van der Waals surface area contributed by atoms with Gasteiger partial charge in [0.15, 0.2) is 5.11 Å². The second kappa shape index (κ2) is 8.19. The topological polar surface area (TPSA) is 95.8 Å². The van der Waals surface area contributed by atoms with Gasteiger partial charge in [-0.05, 0) is 29.9 Å². The van der Waals surface area contributed by atoms with Crippen molar-refractivity contribution in [2.45, 2.75) is 6.54 Å². The third-order valence-electron chi connectivity index (χ3n) is 4.37. The van der Waals surface area contributed by atoms with Crippen LogP contribution >= 0.6 is 12.2 Å². The second-order valence-corrected chi connectivity index (χ2v) is 6.98. The Morgan fingerprint density at radius 1 is 1.17 bits per heavy atom. The number of carbonyl (C=O) groups is 2. The number of hydrogen-bond donors (Lipinski definition) is 1. The van der Waals surface area contributed by atoms with E-state index < -0.39 is 16.7 Å². The highest BCUT2D eigenvalue weighted by molar-refractivity contribution is 7.80. The third kappa shape index (κ3) is 4.30. The molecule has 0 saturated carbocycles. The standard InChI is InChI=1S/C20H18N4O4S/c1-22(2)17-9-8-15(24(27)28)10-14(17)11-16-18(25)21-20(29)23(19(16)26)12-13-6-4-3-5-7-13/h3-11H,12H2,1-2H3,(H,21,25,29)/b16-11-. The fourth-order valence-corrected chi connectivity index (χ4v) is 3.18.